The Kier molecular flexibility index (Phi) is 6.44. The van der Waals surface area contributed by atoms with Crippen LogP contribution >= 0.6 is 35.6 Å². The van der Waals surface area contributed by atoms with Crippen LogP contribution in [-0.2, 0) is 5.75 Å². The monoisotopic (exact) mass is 417 g/mol. The van der Waals surface area contributed by atoms with E-state index < -0.39 is 0 Å². The van der Waals surface area contributed by atoms with Crippen molar-refractivity contribution in [1.82, 2.24) is 20.2 Å². The summed E-state index contributed by atoms with van der Waals surface area (Å²) in [6.07, 6.45) is 0. The molecular formula is C18H16ClN5OS2. The molecule has 0 fully saturated rings. The summed E-state index contributed by atoms with van der Waals surface area (Å²) in [6, 6.07) is 16.7. The van der Waals surface area contributed by atoms with Gasteiger partial charge in [0.25, 0.3) is 5.91 Å². The van der Waals surface area contributed by atoms with Crippen LogP contribution in [0.15, 0.2) is 59.8 Å². The second kappa shape index (κ2) is 8.98. The molecule has 27 heavy (non-hydrogen) atoms. The number of carbonyl (C=O) groups is 1. The smallest absolute Gasteiger partial charge is 0.257 e. The molecule has 0 spiro atoms. The van der Waals surface area contributed by atoms with Gasteiger partial charge in [0.05, 0.1) is 0 Å². The molecule has 0 bridgehead atoms. The number of hydrogen-bond acceptors (Lipinski definition) is 5. The summed E-state index contributed by atoms with van der Waals surface area (Å²) in [5.74, 6) is 1.02. The Morgan fingerprint density at radius 3 is 2.70 bits per heavy atom. The first kappa shape index (κ1) is 19.3. The molecule has 2 N–H and O–H groups in total. The van der Waals surface area contributed by atoms with Gasteiger partial charge in [-0.3, -0.25) is 15.5 Å². The highest BCUT2D eigenvalue weighted by molar-refractivity contribution is 7.98. The van der Waals surface area contributed by atoms with Crippen LogP contribution in [0.2, 0.25) is 5.02 Å². The summed E-state index contributed by atoms with van der Waals surface area (Å²) in [5.41, 5.74) is 4.54. The zero-order valence-corrected chi connectivity index (χ0v) is 16.7. The molecule has 0 aliphatic carbocycles. The normalized spacial score (nSPS) is 10.4. The molecular weight excluding hydrogens is 402 g/mol. The summed E-state index contributed by atoms with van der Waals surface area (Å²) in [6.45, 7) is 1.80. The zero-order valence-electron chi connectivity index (χ0n) is 14.3. The summed E-state index contributed by atoms with van der Waals surface area (Å²) >= 11 is 12.7. The number of thiocarbonyl (C=S) groups is 1. The minimum Gasteiger partial charge on any atom is -0.298 e. The van der Waals surface area contributed by atoms with Crippen LogP contribution in [0.25, 0.3) is 0 Å². The quantitative estimate of drug-likeness (QED) is 0.486. The van der Waals surface area contributed by atoms with Crippen LogP contribution in [0.5, 0.6) is 0 Å². The van der Waals surface area contributed by atoms with Crippen molar-refractivity contribution >= 4 is 46.6 Å². The van der Waals surface area contributed by atoms with E-state index in [1.807, 2.05) is 30.3 Å². The van der Waals surface area contributed by atoms with Crippen LogP contribution < -0.4 is 10.7 Å². The van der Waals surface area contributed by atoms with E-state index in [1.54, 1.807) is 35.9 Å². The average molecular weight is 418 g/mol. The third-order valence-corrected chi connectivity index (χ3v) is 4.96. The highest BCUT2D eigenvalue weighted by Crippen LogP contribution is 2.20. The fourth-order valence-electron chi connectivity index (χ4n) is 2.22. The van der Waals surface area contributed by atoms with Crippen molar-refractivity contribution in [2.75, 3.05) is 5.43 Å². The van der Waals surface area contributed by atoms with E-state index in [0.717, 1.165) is 5.75 Å². The highest BCUT2D eigenvalue weighted by Gasteiger charge is 2.13. The highest BCUT2D eigenvalue weighted by atomic mass is 35.5. The lowest BCUT2D eigenvalue weighted by molar-refractivity contribution is 0.0977. The number of halogens is 1. The van der Waals surface area contributed by atoms with Crippen molar-refractivity contribution in [1.29, 1.82) is 0 Å². The van der Waals surface area contributed by atoms with Gasteiger partial charge >= 0.3 is 0 Å². The molecule has 0 aliphatic rings. The van der Waals surface area contributed by atoms with E-state index in [0.29, 0.717) is 21.6 Å². The first-order valence-electron chi connectivity index (χ1n) is 7.99. The summed E-state index contributed by atoms with van der Waals surface area (Å²) < 4.78 is 1.65. The largest absolute Gasteiger partial charge is 0.298 e. The number of rotatable bonds is 5. The summed E-state index contributed by atoms with van der Waals surface area (Å²) in [5, 5.41) is 12.1. The van der Waals surface area contributed by atoms with Crippen molar-refractivity contribution in [2.45, 2.75) is 17.8 Å². The van der Waals surface area contributed by atoms with Gasteiger partial charge in [-0.25, -0.2) is 4.68 Å². The number of amides is 1. The van der Waals surface area contributed by atoms with Crippen molar-refractivity contribution in [3.63, 3.8) is 0 Å². The first-order valence-corrected chi connectivity index (χ1v) is 9.77. The van der Waals surface area contributed by atoms with Gasteiger partial charge in [-0.05, 0) is 42.9 Å². The van der Waals surface area contributed by atoms with Gasteiger partial charge in [0, 0.05) is 16.3 Å². The Morgan fingerprint density at radius 1 is 1.19 bits per heavy atom. The maximum Gasteiger partial charge on any atom is 0.257 e. The van der Waals surface area contributed by atoms with Gasteiger partial charge in [-0.15, -0.1) is 10.2 Å². The molecule has 2 aromatic carbocycles. The van der Waals surface area contributed by atoms with Gasteiger partial charge in [0.15, 0.2) is 5.11 Å². The zero-order chi connectivity index (χ0) is 19.2. The van der Waals surface area contributed by atoms with Gasteiger partial charge < -0.3 is 0 Å². The Bertz CT molecular complexity index is 961. The Morgan fingerprint density at radius 2 is 1.96 bits per heavy atom. The Labute approximate surface area is 171 Å². The van der Waals surface area contributed by atoms with E-state index in [2.05, 4.69) is 20.9 Å². The third kappa shape index (κ3) is 5.29. The van der Waals surface area contributed by atoms with Gasteiger partial charge in [-0.1, -0.05) is 59.8 Å². The molecule has 0 saturated carbocycles. The summed E-state index contributed by atoms with van der Waals surface area (Å²) in [4.78, 5) is 12.3. The number of nitrogens with one attached hydrogen (secondary N) is 2. The number of aryl methyl sites for hydroxylation is 1. The molecule has 0 atom stereocenters. The second-order valence-electron chi connectivity index (χ2n) is 5.54. The van der Waals surface area contributed by atoms with E-state index >= 15 is 0 Å². The molecule has 3 aromatic rings. The Hall–Kier alpha value is -2.42. The molecule has 1 aromatic heterocycles. The molecule has 1 amide bonds. The first-order chi connectivity index (χ1) is 13.0. The van der Waals surface area contributed by atoms with Crippen molar-refractivity contribution in [3.8, 4) is 0 Å². The predicted octanol–water partition coefficient (Wildman–Crippen LogP) is 3.79. The fourth-order valence-corrected chi connectivity index (χ4v) is 3.49. The van der Waals surface area contributed by atoms with Gasteiger partial charge in [-0.2, -0.15) is 0 Å². The lowest BCUT2D eigenvalue weighted by atomic mass is 10.2. The van der Waals surface area contributed by atoms with E-state index in [-0.39, 0.29) is 11.0 Å². The molecule has 0 saturated heterocycles. The maximum atomic E-state index is 12.3. The number of aromatic nitrogens is 3. The number of thioether (sulfide) groups is 1. The summed E-state index contributed by atoms with van der Waals surface area (Å²) in [7, 11) is 0. The number of carbonyl (C=O) groups excluding carboxylic acids is 1. The van der Waals surface area contributed by atoms with E-state index in [1.165, 1.54) is 17.3 Å². The molecule has 6 nitrogen and oxygen atoms in total. The number of benzene rings is 2. The van der Waals surface area contributed by atoms with E-state index in [9.17, 15) is 4.79 Å². The molecule has 0 unspecified atom stereocenters. The lowest BCUT2D eigenvalue weighted by Crippen LogP contribution is -2.38. The molecule has 9 heteroatoms. The molecule has 3 rings (SSSR count). The second-order valence-corrected chi connectivity index (χ2v) is 7.33. The van der Waals surface area contributed by atoms with Crippen molar-refractivity contribution < 1.29 is 4.79 Å². The maximum absolute atomic E-state index is 12.3. The van der Waals surface area contributed by atoms with Gasteiger partial charge in [0.2, 0.25) is 5.16 Å². The van der Waals surface area contributed by atoms with Crippen LogP contribution in [0.4, 0.5) is 0 Å². The molecule has 0 radical (unpaired) electrons. The standard InChI is InChI=1S/C18H16ClN5OS2/c1-12-21-22-18(27-11-13-6-3-2-4-7-13)24(12)23-17(26)20-16(25)14-8-5-9-15(19)10-14/h2-10H,11H2,1H3,(H2,20,23,25,26). The van der Waals surface area contributed by atoms with Gasteiger partial charge in [0.1, 0.15) is 5.82 Å². The van der Waals surface area contributed by atoms with Crippen LogP contribution in [0.3, 0.4) is 0 Å². The lowest BCUT2D eigenvalue weighted by Gasteiger charge is -2.13. The average Bonchev–Trinajstić information content (AvgIpc) is 3.00. The minimum absolute atomic E-state index is 0.143. The predicted molar refractivity (Wildman–Crippen MR) is 112 cm³/mol. The molecule has 138 valence electrons. The third-order valence-electron chi connectivity index (χ3n) is 3.53. The van der Waals surface area contributed by atoms with Crippen molar-refractivity contribution in [3.05, 3.63) is 76.6 Å². The van der Waals surface area contributed by atoms with Crippen LogP contribution in [-0.4, -0.2) is 25.9 Å². The van der Waals surface area contributed by atoms with Crippen LogP contribution in [0, 0.1) is 6.92 Å². The number of hydrogen-bond donors (Lipinski definition) is 2. The minimum atomic E-state index is -0.348. The topological polar surface area (TPSA) is 71.8 Å². The SMILES string of the molecule is Cc1nnc(SCc2ccccc2)n1NC(=S)NC(=O)c1cccc(Cl)c1. The van der Waals surface area contributed by atoms with Crippen molar-refractivity contribution in [2.24, 2.45) is 0 Å². The van der Waals surface area contributed by atoms with Crippen LogP contribution in [0.1, 0.15) is 21.7 Å². The Balaban J connectivity index is 1.64. The van der Waals surface area contributed by atoms with E-state index in [4.69, 9.17) is 23.8 Å². The molecule has 0 aliphatic heterocycles. The fraction of sp³-hybridized carbons (Fsp3) is 0.111. The molecule has 1 heterocycles. The number of nitrogens with zero attached hydrogens (tertiary/aromatic N) is 3.